The van der Waals surface area contributed by atoms with Crippen LogP contribution < -0.4 is 0 Å². The van der Waals surface area contributed by atoms with Crippen LogP contribution in [0.25, 0.3) is 38.8 Å². The van der Waals surface area contributed by atoms with Crippen LogP contribution >= 0.6 is 0 Å². The van der Waals surface area contributed by atoms with E-state index in [0.717, 1.165) is 16.9 Å². The molecule has 118 valence electrons. The largest absolute Gasteiger partial charge is 0.306 e. The second-order valence-corrected chi connectivity index (χ2v) is 6.21. The van der Waals surface area contributed by atoms with Gasteiger partial charge in [0.05, 0.1) is 5.69 Å². The number of fused-ring (bicyclic) bond motifs is 3. The lowest BCUT2D eigenvalue weighted by Crippen LogP contribution is -1.83. The number of pyridine rings is 1. The van der Waals surface area contributed by atoms with Gasteiger partial charge in [0.1, 0.15) is 5.65 Å². The van der Waals surface area contributed by atoms with Crippen LogP contribution in [-0.4, -0.2) is 9.38 Å². The van der Waals surface area contributed by atoms with E-state index < -0.39 is 0 Å². The third kappa shape index (κ3) is 2.39. The minimum absolute atomic E-state index is 0.995. The van der Waals surface area contributed by atoms with Crippen molar-refractivity contribution in [3.8, 4) is 22.4 Å². The molecule has 0 amide bonds. The van der Waals surface area contributed by atoms with E-state index in [1.807, 2.05) is 6.07 Å². The second-order valence-electron chi connectivity index (χ2n) is 6.21. The molecule has 0 unspecified atom stereocenters. The van der Waals surface area contributed by atoms with Crippen molar-refractivity contribution in [2.45, 2.75) is 0 Å². The number of rotatable bonds is 2. The molecule has 2 nitrogen and oxygen atoms in total. The van der Waals surface area contributed by atoms with Gasteiger partial charge in [0.15, 0.2) is 0 Å². The number of nitrogens with zero attached hydrogens (tertiary/aromatic N) is 2. The molecular weight excluding hydrogens is 304 g/mol. The number of hydrogen-bond acceptors (Lipinski definition) is 1. The van der Waals surface area contributed by atoms with Crippen LogP contribution in [0, 0.1) is 0 Å². The SMILES string of the molecule is c1ccc(-c2cccc(-c3cn4ccc5ccccc5c4n3)c2)cc1. The summed E-state index contributed by atoms with van der Waals surface area (Å²) in [4.78, 5) is 4.91. The van der Waals surface area contributed by atoms with Gasteiger partial charge in [-0.2, -0.15) is 0 Å². The predicted molar refractivity (Wildman–Crippen MR) is 104 cm³/mol. The molecule has 0 saturated heterocycles. The zero-order valence-electron chi connectivity index (χ0n) is 13.6. The molecule has 0 aliphatic heterocycles. The van der Waals surface area contributed by atoms with Crippen molar-refractivity contribution in [3.63, 3.8) is 0 Å². The standard InChI is InChI=1S/C23H16N2/c1-2-7-17(8-3-1)19-10-6-11-20(15-19)22-16-25-14-13-18-9-4-5-12-21(18)23(25)24-22/h1-16H. The maximum Gasteiger partial charge on any atom is 0.145 e. The molecule has 0 spiro atoms. The zero-order valence-corrected chi connectivity index (χ0v) is 13.6. The molecule has 5 rings (SSSR count). The van der Waals surface area contributed by atoms with Crippen molar-refractivity contribution in [1.29, 1.82) is 0 Å². The summed E-state index contributed by atoms with van der Waals surface area (Å²) in [5, 5.41) is 2.39. The van der Waals surface area contributed by atoms with Gasteiger partial charge in [-0.1, -0.05) is 72.8 Å². The molecule has 0 aliphatic rings. The summed E-state index contributed by atoms with van der Waals surface area (Å²) in [6.07, 6.45) is 4.18. The smallest absolute Gasteiger partial charge is 0.145 e. The fourth-order valence-electron chi connectivity index (χ4n) is 3.34. The highest BCUT2D eigenvalue weighted by atomic mass is 15.0. The van der Waals surface area contributed by atoms with Crippen LogP contribution in [0.4, 0.5) is 0 Å². The Balaban J connectivity index is 1.67. The molecule has 3 aromatic carbocycles. The topological polar surface area (TPSA) is 17.3 Å². The summed E-state index contributed by atoms with van der Waals surface area (Å²) < 4.78 is 2.10. The second kappa shape index (κ2) is 5.60. The van der Waals surface area contributed by atoms with Crippen LogP contribution in [0.5, 0.6) is 0 Å². The van der Waals surface area contributed by atoms with Crippen LogP contribution in [0.1, 0.15) is 0 Å². The first-order valence-electron chi connectivity index (χ1n) is 8.41. The van der Waals surface area contributed by atoms with Crippen LogP contribution in [0.15, 0.2) is 97.3 Å². The molecule has 2 heterocycles. The van der Waals surface area contributed by atoms with E-state index in [1.165, 1.54) is 21.9 Å². The van der Waals surface area contributed by atoms with Crippen LogP contribution in [0.2, 0.25) is 0 Å². The molecular formula is C23H16N2. The maximum absolute atomic E-state index is 4.91. The molecule has 0 aliphatic carbocycles. The van der Waals surface area contributed by atoms with Crippen molar-refractivity contribution >= 4 is 16.4 Å². The number of hydrogen-bond donors (Lipinski definition) is 0. The fraction of sp³-hybridized carbons (Fsp3) is 0. The van der Waals surface area contributed by atoms with Gasteiger partial charge in [-0.15, -0.1) is 0 Å². The lowest BCUT2D eigenvalue weighted by atomic mass is 10.0. The van der Waals surface area contributed by atoms with Crippen LogP contribution in [0.3, 0.4) is 0 Å². The van der Waals surface area contributed by atoms with Gasteiger partial charge in [0.2, 0.25) is 0 Å². The van der Waals surface area contributed by atoms with E-state index in [1.54, 1.807) is 0 Å². The Morgan fingerprint density at radius 2 is 1.40 bits per heavy atom. The maximum atomic E-state index is 4.91. The van der Waals surface area contributed by atoms with Crippen molar-refractivity contribution < 1.29 is 0 Å². The van der Waals surface area contributed by atoms with Gasteiger partial charge in [-0.25, -0.2) is 4.98 Å². The Bertz CT molecular complexity index is 1190. The third-order valence-electron chi connectivity index (χ3n) is 4.61. The van der Waals surface area contributed by atoms with Crippen molar-refractivity contribution in [2.75, 3.05) is 0 Å². The van der Waals surface area contributed by atoms with Gasteiger partial charge in [-0.05, 0) is 28.6 Å². The van der Waals surface area contributed by atoms with E-state index in [4.69, 9.17) is 4.98 Å². The monoisotopic (exact) mass is 320 g/mol. The molecule has 0 bridgehead atoms. The summed E-state index contributed by atoms with van der Waals surface area (Å²) in [6.45, 7) is 0. The van der Waals surface area contributed by atoms with Gasteiger partial charge in [0.25, 0.3) is 0 Å². The van der Waals surface area contributed by atoms with Crippen molar-refractivity contribution in [3.05, 3.63) is 97.3 Å². The predicted octanol–water partition coefficient (Wildman–Crippen LogP) is 5.82. The Labute approximate surface area is 146 Å². The van der Waals surface area contributed by atoms with E-state index in [-0.39, 0.29) is 0 Å². The molecule has 0 N–H and O–H groups in total. The van der Waals surface area contributed by atoms with E-state index >= 15 is 0 Å². The quantitative estimate of drug-likeness (QED) is 0.400. The first-order chi connectivity index (χ1) is 12.4. The molecule has 0 atom stereocenters. The van der Waals surface area contributed by atoms with Gasteiger partial charge >= 0.3 is 0 Å². The van der Waals surface area contributed by atoms with Gasteiger partial charge in [0, 0.05) is 23.3 Å². The van der Waals surface area contributed by atoms with Crippen molar-refractivity contribution in [1.82, 2.24) is 9.38 Å². The Morgan fingerprint density at radius 1 is 0.640 bits per heavy atom. The minimum Gasteiger partial charge on any atom is -0.306 e. The summed E-state index contributed by atoms with van der Waals surface area (Å²) in [7, 11) is 0. The Morgan fingerprint density at radius 3 is 2.32 bits per heavy atom. The number of aromatic nitrogens is 2. The highest BCUT2D eigenvalue weighted by molar-refractivity contribution is 5.94. The highest BCUT2D eigenvalue weighted by Gasteiger charge is 2.08. The minimum atomic E-state index is 0.995. The molecule has 0 fully saturated rings. The highest BCUT2D eigenvalue weighted by Crippen LogP contribution is 2.27. The number of benzene rings is 3. The average Bonchev–Trinajstić information content (AvgIpc) is 3.14. The molecule has 5 aromatic rings. The first kappa shape index (κ1) is 14.0. The lowest BCUT2D eigenvalue weighted by Gasteiger charge is -2.03. The summed E-state index contributed by atoms with van der Waals surface area (Å²) >= 11 is 0. The first-order valence-corrected chi connectivity index (χ1v) is 8.41. The summed E-state index contributed by atoms with van der Waals surface area (Å²) in [5.41, 5.74) is 5.56. The van der Waals surface area contributed by atoms with E-state index in [2.05, 4.69) is 95.7 Å². The normalized spacial score (nSPS) is 11.2. The summed E-state index contributed by atoms with van der Waals surface area (Å²) in [6, 6.07) is 29.5. The molecule has 0 radical (unpaired) electrons. The third-order valence-corrected chi connectivity index (χ3v) is 4.61. The van der Waals surface area contributed by atoms with E-state index in [9.17, 15) is 0 Å². The van der Waals surface area contributed by atoms with E-state index in [0.29, 0.717) is 0 Å². The Kier molecular flexibility index (Phi) is 3.14. The van der Waals surface area contributed by atoms with Gasteiger partial charge < -0.3 is 4.40 Å². The molecule has 0 saturated carbocycles. The molecule has 2 heteroatoms. The molecule has 2 aromatic heterocycles. The van der Waals surface area contributed by atoms with Gasteiger partial charge in [-0.3, -0.25) is 0 Å². The lowest BCUT2D eigenvalue weighted by molar-refractivity contribution is 1.20. The summed E-state index contributed by atoms with van der Waals surface area (Å²) in [5.74, 6) is 0. The zero-order chi connectivity index (χ0) is 16.6. The van der Waals surface area contributed by atoms with Crippen molar-refractivity contribution in [2.24, 2.45) is 0 Å². The molecule has 25 heavy (non-hydrogen) atoms. The average molecular weight is 320 g/mol. The Hall–Kier alpha value is -3.39. The fourth-order valence-corrected chi connectivity index (χ4v) is 3.34. The van der Waals surface area contributed by atoms with Crippen LogP contribution in [-0.2, 0) is 0 Å². The number of imidazole rings is 1.